The summed E-state index contributed by atoms with van der Waals surface area (Å²) < 4.78 is 1.69. The number of phenolic OH excluding ortho intramolecular Hbond substituents is 1. The summed E-state index contributed by atoms with van der Waals surface area (Å²) in [5.74, 6) is 5.92. The zero-order chi connectivity index (χ0) is 30.8. The van der Waals surface area contributed by atoms with Crippen molar-refractivity contribution in [2.45, 2.75) is 12.5 Å². The van der Waals surface area contributed by atoms with Crippen molar-refractivity contribution in [2.24, 2.45) is 5.73 Å². The van der Waals surface area contributed by atoms with Gasteiger partial charge in [-0.3, -0.25) is 4.79 Å². The molecule has 3 aromatic heterocycles. The Labute approximate surface area is 254 Å². The summed E-state index contributed by atoms with van der Waals surface area (Å²) in [6.45, 7) is 0.238. The van der Waals surface area contributed by atoms with Crippen LogP contribution in [-0.4, -0.2) is 47.4 Å². The zero-order valence-electron chi connectivity index (χ0n) is 23.0. The number of aromatic hydroxyl groups is 1. The Hall–Kier alpha value is -5.93. The standard InChI is InChI=1S/C31H24ClN9O3/c32-20-7-1-5-19(14-20)22(28-38-23-8-2-4-17(24(23)30(43)39-28)6-3-13-35-31(34)44)15-41-29-25(27(33)36-16-37-29)26(40-41)18-9-11-21(42)12-10-18/h1-2,4-5,7-12,14,16,22,42H,13,15H2,(H2,33,36,37)(H3,34,35,44)(H,38,39,43). The van der Waals surface area contributed by atoms with Crippen molar-refractivity contribution >= 4 is 45.4 Å². The van der Waals surface area contributed by atoms with E-state index in [0.29, 0.717) is 49.6 Å². The molecule has 0 saturated carbocycles. The molecule has 13 heteroatoms. The number of urea groups is 1. The van der Waals surface area contributed by atoms with Gasteiger partial charge in [-0.1, -0.05) is 41.6 Å². The van der Waals surface area contributed by atoms with Gasteiger partial charge in [0.2, 0.25) is 0 Å². The number of phenols is 1. The van der Waals surface area contributed by atoms with Crippen molar-refractivity contribution in [2.75, 3.05) is 12.3 Å². The second-order valence-electron chi connectivity index (χ2n) is 9.81. The van der Waals surface area contributed by atoms with Crippen molar-refractivity contribution in [1.29, 1.82) is 0 Å². The molecule has 0 fully saturated rings. The Morgan fingerprint density at radius 1 is 1.09 bits per heavy atom. The van der Waals surface area contributed by atoms with Crippen LogP contribution in [0.4, 0.5) is 10.6 Å². The fourth-order valence-corrected chi connectivity index (χ4v) is 5.17. The maximum atomic E-state index is 13.5. The molecule has 0 aliphatic heterocycles. The van der Waals surface area contributed by atoms with E-state index in [-0.39, 0.29) is 30.2 Å². The number of rotatable bonds is 6. The van der Waals surface area contributed by atoms with Crippen LogP contribution in [0.15, 0.2) is 77.9 Å². The largest absolute Gasteiger partial charge is 0.508 e. The predicted molar refractivity (Wildman–Crippen MR) is 167 cm³/mol. The normalized spacial score (nSPS) is 11.7. The number of primary amides is 1. The first-order chi connectivity index (χ1) is 21.3. The van der Waals surface area contributed by atoms with E-state index in [1.165, 1.54) is 6.33 Å². The van der Waals surface area contributed by atoms with Gasteiger partial charge >= 0.3 is 6.03 Å². The fourth-order valence-electron chi connectivity index (χ4n) is 4.97. The molecule has 6 aromatic rings. The van der Waals surface area contributed by atoms with Gasteiger partial charge in [-0.25, -0.2) is 24.4 Å². The number of H-pyrrole nitrogens is 1. The molecule has 44 heavy (non-hydrogen) atoms. The van der Waals surface area contributed by atoms with Crippen molar-refractivity contribution < 1.29 is 9.90 Å². The van der Waals surface area contributed by atoms with Gasteiger partial charge in [0.05, 0.1) is 35.3 Å². The number of aromatic amines is 1. The van der Waals surface area contributed by atoms with E-state index in [9.17, 15) is 14.7 Å². The van der Waals surface area contributed by atoms with Crippen LogP contribution in [0.2, 0.25) is 5.02 Å². The fraction of sp³-hybridized carbons (Fsp3) is 0.0968. The van der Waals surface area contributed by atoms with E-state index in [1.807, 2.05) is 12.1 Å². The van der Waals surface area contributed by atoms with E-state index in [1.54, 1.807) is 59.3 Å². The number of carbonyl (C=O) groups is 1. The number of hydrogen-bond acceptors (Lipinski definition) is 8. The molecule has 0 saturated heterocycles. The minimum absolute atomic E-state index is 0.0318. The lowest BCUT2D eigenvalue weighted by Gasteiger charge is -2.18. The topological polar surface area (TPSA) is 191 Å². The van der Waals surface area contributed by atoms with Gasteiger partial charge in [0.25, 0.3) is 5.56 Å². The monoisotopic (exact) mass is 605 g/mol. The molecular weight excluding hydrogens is 582 g/mol. The van der Waals surface area contributed by atoms with Crippen LogP contribution in [0, 0.1) is 11.8 Å². The number of halogens is 1. The first-order valence-electron chi connectivity index (χ1n) is 13.4. The number of carbonyl (C=O) groups excluding carboxylic acids is 1. The first-order valence-corrected chi connectivity index (χ1v) is 13.7. The second kappa shape index (κ2) is 11.7. The summed E-state index contributed by atoms with van der Waals surface area (Å²) >= 11 is 6.40. The Morgan fingerprint density at radius 3 is 2.66 bits per heavy atom. The van der Waals surface area contributed by atoms with E-state index in [2.05, 4.69) is 32.1 Å². The summed E-state index contributed by atoms with van der Waals surface area (Å²) in [5, 5.41) is 18.4. The summed E-state index contributed by atoms with van der Waals surface area (Å²) in [7, 11) is 0. The Kier molecular flexibility index (Phi) is 7.53. The van der Waals surface area contributed by atoms with Gasteiger partial charge in [-0.05, 0) is 54.1 Å². The lowest BCUT2D eigenvalue weighted by Crippen LogP contribution is -2.29. The van der Waals surface area contributed by atoms with Gasteiger partial charge in [0.15, 0.2) is 5.65 Å². The number of nitrogens with zero attached hydrogens (tertiary/aromatic N) is 5. The first kappa shape index (κ1) is 28.2. The Bertz CT molecular complexity index is 2170. The summed E-state index contributed by atoms with van der Waals surface area (Å²) in [5.41, 5.74) is 14.4. The Morgan fingerprint density at radius 2 is 1.89 bits per heavy atom. The quantitative estimate of drug-likeness (QED) is 0.178. The van der Waals surface area contributed by atoms with E-state index in [4.69, 9.17) is 33.2 Å². The molecule has 2 amide bonds. The van der Waals surface area contributed by atoms with Crippen molar-refractivity contribution in [3.05, 3.63) is 105 Å². The minimum atomic E-state index is -0.692. The molecule has 0 aliphatic carbocycles. The van der Waals surface area contributed by atoms with Crippen molar-refractivity contribution in [1.82, 2.24) is 35.0 Å². The number of amides is 2. The summed E-state index contributed by atoms with van der Waals surface area (Å²) in [6.07, 6.45) is 1.36. The molecule has 6 rings (SSSR count). The van der Waals surface area contributed by atoms with Crippen LogP contribution in [0.5, 0.6) is 5.75 Å². The zero-order valence-corrected chi connectivity index (χ0v) is 23.7. The number of aromatic nitrogens is 6. The van der Waals surface area contributed by atoms with Gasteiger partial charge in [-0.15, -0.1) is 0 Å². The highest BCUT2D eigenvalue weighted by Gasteiger charge is 2.24. The molecule has 0 radical (unpaired) electrons. The minimum Gasteiger partial charge on any atom is -0.508 e. The maximum Gasteiger partial charge on any atom is 0.312 e. The summed E-state index contributed by atoms with van der Waals surface area (Å²) in [4.78, 5) is 40.9. The molecule has 0 spiro atoms. The van der Waals surface area contributed by atoms with E-state index < -0.39 is 11.9 Å². The smallest absolute Gasteiger partial charge is 0.312 e. The number of fused-ring (bicyclic) bond motifs is 2. The number of nitrogens with two attached hydrogens (primary N) is 2. The number of nitrogens with one attached hydrogen (secondary N) is 2. The average Bonchev–Trinajstić information content (AvgIpc) is 3.37. The molecule has 7 N–H and O–H groups in total. The predicted octanol–water partition coefficient (Wildman–Crippen LogP) is 3.52. The van der Waals surface area contributed by atoms with Gasteiger partial charge in [-0.2, -0.15) is 5.10 Å². The lowest BCUT2D eigenvalue weighted by molar-refractivity contribution is 0.250. The third-order valence-corrected chi connectivity index (χ3v) is 7.20. The van der Waals surface area contributed by atoms with Gasteiger partial charge in [0, 0.05) is 16.1 Å². The SMILES string of the molecule is NC(=O)NCC#Cc1cccc2nc(C(Cn3nc(-c4ccc(O)cc4)c4c(N)ncnc43)c3cccc(Cl)c3)[nH]c(=O)c12. The van der Waals surface area contributed by atoms with E-state index >= 15 is 0 Å². The third kappa shape index (κ3) is 5.59. The molecule has 1 atom stereocenters. The average molecular weight is 606 g/mol. The number of anilines is 1. The van der Waals surface area contributed by atoms with Crippen LogP contribution in [-0.2, 0) is 6.54 Å². The molecule has 12 nitrogen and oxygen atoms in total. The molecule has 0 bridgehead atoms. The molecule has 218 valence electrons. The van der Waals surface area contributed by atoms with Crippen LogP contribution in [0.1, 0.15) is 22.9 Å². The van der Waals surface area contributed by atoms with Crippen molar-refractivity contribution in [3.8, 4) is 28.8 Å². The molecule has 0 aliphatic rings. The number of benzene rings is 3. The molecule has 1 unspecified atom stereocenters. The number of hydrogen-bond donors (Lipinski definition) is 5. The highest BCUT2D eigenvalue weighted by Crippen LogP contribution is 2.33. The van der Waals surface area contributed by atoms with Crippen LogP contribution < -0.4 is 22.3 Å². The lowest BCUT2D eigenvalue weighted by atomic mass is 9.97. The van der Waals surface area contributed by atoms with Crippen molar-refractivity contribution in [3.63, 3.8) is 0 Å². The van der Waals surface area contributed by atoms with E-state index in [0.717, 1.165) is 5.56 Å². The second-order valence-corrected chi connectivity index (χ2v) is 10.2. The Balaban J connectivity index is 1.48. The molecule has 3 aromatic carbocycles. The van der Waals surface area contributed by atoms with Crippen LogP contribution in [0.3, 0.4) is 0 Å². The maximum absolute atomic E-state index is 13.5. The van der Waals surface area contributed by atoms with Gasteiger partial charge < -0.3 is 26.9 Å². The molecule has 3 heterocycles. The van der Waals surface area contributed by atoms with Gasteiger partial charge in [0.1, 0.15) is 29.4 Å². The van der Waals surface area contributed by atoms with Crippen LogP contribution in [0.25, 0.3) is 33.2 Å². The highest BCUT2D eigenvalue weighted by atomic mass is 35.5. The molecular formula is C31H24ClN9O3. The number of nitrogen functional groups attached to an aromatic ring is 1. The summed E-state index contributed by atoms with van der Waals surface area (Å²) in [6, 6.07) is 18.4. The van der Waals surface area contributed by atoms with Crippen LogP contribution >= 0.6 is 11.6 Å². The third-order valence-electron chi connectivity index (χ3n) is 6.96. The highest BCUT2D eigenvalue weighted by molar-refractivity contribution is 6.30.